The molecule has 0 fully saturated rings. The number of benzene rings is 1. The zero-order valence-electron chi connectivity index (χ0n) is 12.3. The Kier molecular flexibility index (Phi) is 4.74. The summed E-state index contributed by atoms with van der Waals surface area (Å²) in [7, 11) is 0. The summed E-state index contributed by atoms with van der Waals surface area (Å²) < 4.78 is 0. The van der Waals surface area contributed by atoms with Crippen LogP contribution in [0.1, 0.15) is 31.3 Å². The van der Waals surface area contributed by atoms with Gasteiger partial charge in [-0.25, -0.2) is 0 Å². The third-order valence-corrected chi connectivity index (χ3v) is 3.49. The molecule has 0 aliphatic rings. The number of amides is 1. The molecule has 1 amide bonds. The first-order chi connectivity index (χ1) is 9.65. The maximum Gasteiger partial charge on any atom is 0.272 e. The lowest BCUT2D eigenvalue weighted by atomic mass is 10.2. The molecule has 5 nitrogen and oxygen atoms in total. The number of carbonyl (C=O) groups excluding carboxylic acids is 1. The second-order valence-electron chi connectivity index (χ2n) is 4.98. The van der Waals surface area contributed by atoms with Crippen LogP contribution < -0.4 is 5.32 Å². The number of nitrogens with one attached hydrogen (secondary N) is 2. The number of fused-ring (bicyclic) bond motifs is 1. The van der Waals surface area contributed by atoms with Crippen LogP contribution in [0.25, 0.3) is 10.9 Å². The van der Waals surface area contributed by atoms with Gasteiger partial charge in [-0.15, -0.1) is 0 Å². The predicted molar refractivity (Wildman–Crippen MR) is 80.8 cm³/mol. The molecule has 2 N–H and O–H groups in total. The Morgan fingerprint density at radius 1 is 1.35 bits per heavy atom. The lowest BCUT2D eigenvalue weighted by Gasteiger charge is -2.23. The number of carbonyl (C=O) groups is 1. The maximum atomic E-state index is 12.3. The topological polar surface area (TPSA) is 61.0 Å². The summed E-state index contributed by atoms with van der Waals surface area (Å²) >= 11 is 0. The average molecular weight is 274 g/mol. The van der Waals surface area contributed by atoms with Crippen molar-refractivity contribution < 1.29 is 4.79 Å². The van der Waals surface area contributed by atoms with Gasteiger partial charge in [0, 0.05) is 18.0 Å². The van der Waals surface area contributed by atoms with Crippen molar-refractivity contribution in [1.82, 2.24) is 20.4 Å². The van der Waals surface area contributed by atoms with Gasteiger partial charge in [0.05, 0.1) is 5.52 Å². The molecule has 5 heteroatoms. The quantitative estimate of drug-likeness (QED) is 0.847. The van der Waals surface area contributed by atoms with Gasteiger partial charge in [0.1, 0.15) is 0 Å². The summed E-state index contributed by atoms with van der Waals surface area (Å²) in [6, 6.07) is 7.75. The Morgan fingerprint density at radius 3 is 2.75 bits per heavy atom. The molecule has 20 heavy (non-hydrogen) atoms. The first kappa shape index (κ1) is 14.5. The summed E-state index contributed by atoms with van der Waals surface area (Å²) in [6.45, 7) is 9.09. The summed E-state index contributed by atoms with van der Waals surface area (Å²) in [4.78, 5) is 14.6. The number of H-pyrrole nitrogens is 1. The molecule has 1 atom stereocenters. The molecule has 108 valence electrons. The van der Waals surface area contributed by atoms with Gasteiger partial charge in [0.25, 0.3) is 5.91 Å². The van der Waals surface area contributed by atoms with Gasteiger partial charge in [-0.3, -0.25) is 9.89 Å². The van der Waals surface area contributed by atoms with Crippen molar-refractivity contribution in [3.63, 3.8) is 0 Å². The average Bonchev–Trinajstić information content (AvgIpc) is 2.88. The Balaban J connectivity index is 2.05. The highest BCUT2D eigenvalue weighted by Gasteiger charge is 2.16. The van der Waals surface area contributed by atoms with Crippen LogP contribution in [0.3, 0.4) is 0 Å². The predicted octanol–water partition coefficient (Wildman–Crippen LogP) is 2.02. The minimum absolute atomic E-state index is 0.0952. The van der Waals surface area contributed by atoms with E-state index >= 15 is 0 Å². The van der Waals surface area contributed by atoms with E-state index in [-0.39, 0.29) is 11.9 Å². The molecule has 0 aliphatic carbocycles. The fourth-order valence-electron chi connectivity index (χ4n) is 2.34. The number of aromatic amines is 1. The van der Waals surface area contributed by atoms with E-state index in [0.717, 1.165) is 30.5 Å². The highest BCUT2D eigenvalue weighted by molar-refractivity contribution is 6.04. The van der Waals surface area contributed by atoms with Crippen LogP contribution in [0.15, 0.2) is 24.3 Å². The van der Waals surface area contributed by atoms with Crippen LogP contribution in [-0.2, 0) is 0 Å². The number of hydrogen-bond donors (Lipinski definition) is 2. The Bertz CT molecular complexity index is 574. The smallest absolute Gasteiger partial charge is 0.272 e. The van der Waals surface area contributed by atoms with Crippen molar-refractivity contribution >= 4 is 16.8 Å². The van der Waals surface area contributed by atoms with Crippen molar-refractivity contribution in [1.29, 1.82) is 0 Å². The third kappa shape index (κ3) is 3.17. The number of likely N-dealkylation sites (N-methyl/N-ethyl adjacent to an activating group) is 1. The molecule has 1 aromatic heterocycles. The molecule has 1 unspecified atom stereocenters. The van der Waals surface area contributed by atoms with Crippen molar-refractivity contribution in [3.8, 4) is 0 Å². The molecule has 1 heterocycles. The van der Waals surface area contributed by atoms with E-state index < -0.39 is 0 Å². The monoisotopic (exact) mass is 274 g/mol. The van der Waals surface area contributed by atoms with Crippen molar-refractivity contribution in [3.05, 3.63) is 30.0 Å². The lowest BCUT2D eigenvalue weighted by molar-refractivity contribution is 0.0927. The van der Waals surface area contributed by atoms with E-state index in [1.807, 2.05) is 31.2 Å². The summed E-state index contributed by atoms with van der Waals surface area (Å²) in [6.07, 6.45) is 0. The lowest BCUT2D eigenvalue weighted by Crippen LogP contribution is -2.42. The molecule has 0 saturated heterocycles. The molecule has 0 saturated carbocycles. The first-order valence-electron chi connectivity index (χ1n) is 7.12. The second-order valence-corrected chi connectivity index (χ2v) is 4.98. The summed E-state index contributed by atoms with van der Waals surface area (Å²) in [5.74, 6) is -0.123. The number of nitrogens with zero attached hydrogens (tertiary/aromatic N) is 2. The third-order valence-electron chi connectivity index (χ3n) is 3.49. The van der Waals surface area contributed by atoms with Gasteiger partial charge >= 0.3 is 0 Å². The van der Waals surface area contributed by atoms with E-state index in [0.29, 0.717) is 5.69 Å². The van der Waals surface area contributed by atoms with Crippen molar-refractivity contribution in [2.45, 2.75) is 26.8 Å². The fourth-order valence-corrected chi connectivity index (χ4v) is 2.34. The maximum absolute atomic E-state index is 12.3. The van der Waals surface area contributed by atoms with Gasteiger partial charge < -0.3 is 10.2 Å². The van der Waals surface area contributed by atoms with E-state index in [4.69, 9.17) is 0 Å². The highest BCUT2D eigenvalue weighted by atomic mass is 16.2. The Hall–Kier alpha value is -1.88. The Labute approximate surface area is 119 Å². The van der Waals surface area contributed by atoms with Crippen molar-refractivity contribution in [2.24, 2.45) is 0 Å². The zero-order chi connectivity index (χ0) is 14.5. The van der Waals surface area contributed by atoms with E-state index in [9.17, 15) is 4.79 Å². The summed E-state index contributed by atoms with van der Waals surface area (Å²) in [5.41, 5.74) is 1.35. The van der Waals surface area contributed by atoms with Crippen molar-refractivity contribution in [2.75, 3.05) is 19.6 Å². The molecule has 2 rings (SSSR count). The SMILES string of the molecule is CCN(CC)CC(C)NC(=O)c1n[nH]c2ccccc12. The molecule has 0 spiro atoms. The van der Waals surface area contributed by atoms with Crippen LogP contribution >= 0.6 is 0 Å². The molecule has 1 aromatic carbocycles. The summed E-state index contributed by atoms with van der Waals surface area (Å²) in [5, 5.41) is 10.9. The molecule has 0 bridgehead atoms. The molecular weight excluding hydrogens is 252 g/mol. The number of hydrogen-bond acceptors (Lipinski definition) is 3. The van der Waals surface area contributed by atoms with E-state index in [2.05, 4.69) is 34.3 Å². The molecule has 2 aromatic rings. The standard InChI is InChI=1S/C15H22N4O/c1-4-19(5-2)10-11(3)16-15(20)14-12-8-6-7-9-13(12)17-18-14/h6-9,11H,4-5,10H2,1-3H3,(H,16,20)(H,17,18). The Morgan fingerprint density at radius 2 is 2.05 bits per heavy atom. The van der Waals surface area contributed by atoms with Crippen LogP contribution in [0.4, 0.5) is 0 Å². The minimum Gasteiger partial charge on any atom is -0.347 e. The molecule has 0 aliphatic heterocycles. The minimum atomic E-state index is -0.123. The number of aromatic nitrogens is 2. The number of para-hydroxylation sites is 1. The van der Waals surface area contributed by atoms with Gasteiger partial charge in [-0.05, 0) is 26.1 Å². The fraction of sp³-hybridized carbons (Fsp3) is 0.467. The van der Waals surface area contributed by atoms with Crippen LogP contribution in [0, 0.1) is 0 Å². The zero-order valence-corrected chi connectivity index (χ0v) is 12.3. The number of rotatable bonds is 6. The van der Waals surface area contributed by atoms with Gasteiger partial charge in [0.2, 0.25) is 0 Å². The molecule has 0 radical (unpaired) electrons. The second kappa shape index (κ2) is 6.52. The van der Waals surface area contributed by atoms with E-state index in [1.165, 1.54) is 0 Å². The highest BCUT2D eigenvalue weighted by Crippen LogP contribution is 2.14. The van der Waals surface area contributed by atoms with Gasteiger partial charge in [-0.2, -0.15) is 5.10 Å². The van der Waals surface area contributed by atoms with Crippen LogP contribution in [-0.4, -0.2) is 46.7 Å². The van der Waals surface area contributed by atoms with Crippen LogP contribution in [0.2, 0.25) is 0 Å². The first-order valence-corrected chi connectivity index (χ1v) is 7.12. The van der Waals surface area contributed by atoms with E-state index in [1.54, 1.807) is 0 Å². The van der Waals surface area contributed by atoms with Gasteiger partial charge in [0.15, 0.2) is 5.69 Å². The largest absolute Gasteiger partial charge is 0.347 e. The van der Waals surface area contributed by atoms with Gasteiger partial charge in [-0.1, -0.05) is 32.0 Å². The van der Waals surface area contributed by atoms with Crippen LogP contribution in [0.5, 0.6) is 0 Å². The normalized spacial score (nSPS) is 12.8. The molecular formula is C15H22N4O.